The molecule has 104 valence electrons. The first kappa shape index (κ1) is 13.9. The minimum absolute atomic E-state index is 0.254. The number of methoxy groups -OCH3 is 1. The number of carbonyl (C=O) groups is 1. The van der Waals surface area contributed by atoms with Crippen molar-refractivity contribution in [1.82, 2.24) is 0 Å². The monoisotopic (exact) mass is 264 g/mol. The van der Waals surface area contributed by atoms with Gasteiger partial charge in [-0.15, -0.1) is 0 Å². The number of ether oxygens (including phenoxy) is 2. The summed E-state index contributed by atoms with van der Waals surface area (Å²) in [6.45, 7) is 0.585. The molecule has 1 aliphatic carbocycles. The second kappa shape index (κ2) is 6.57. The van der Waals surface area contributed by atoms with E-state index in [4.69, 9.17) is 14.6 Å². The summed E-state index contributed by atoms with van der Waals surface area (Å²) in [6, 6.07) is 6.62. The van der Waals surface area contributed by atoms with Crippen LogP contribution in [0, 0.1) is 5.92 Å². The SMILES string of the molecule is COC1CCCCC1COc1cccc(C(=O)O)c1. The molecule has 0 spiro atoms. The summed E-state index contributed by atoms with van der Waals surface area (Å²) in [5.41, 5.74) is 0.254. The van der Waals surface area contributed by atoms with Gasteiger partial charge in [-0.2, -0.15) is 0 Å². The molecular weight excluding hydrogens is 244 g/mol. The van der Waals surface area contributed by atoms with Crippen LogP contribution >= 0.6 is 0 Å². The first-order valence-corrected chi connectivity index (χ1v) is 6.69. The molecule has 4 nitrogen and oxygen atoms in total. The van der Waals surface area contributed by atoms with E-state index in [1.165, 1.54) is 12.8 Å². The maximum absolute atomic E-state index is 10.9. The number of carboxylic acid groups (broad SMARTS) is 1. The summed E-state index contributed by atoms with van der Waals surface area (Å²) in [5, 5.41) is 8.93. The van der Waals surface area contributed by atoms with Gasteiger partial charge in [-0.25, -0.2) is 4.79 Å². The molecule has 0 heterocycles. The van der Waals surface area contributed by atoms with Crippen molar-refractivity contribution in [1.29, 1.82) is 0 Å². The third-order valence-corrected chi connectivity index (χ3v) is 3.69. The van der Waals surface area contributed by atoms with Gasteiger partial charge in [0.2, 0.25) is 0 Å². The molecule has 1 saturated carbocycles. The molecule has 1 aliphatic rings. The number of hydrogen-bond donors (Lipinski definition) is 1. The van der Waals surface area contributed by atoms with E-state index < -0.39 is 5.97 Å². The standard InChI is InChI=1S/C15H20O4/c1-18-14-8-3-2-5-12(14)10-19-13-7-4-6-11(9-13)15(16)17/h4,6-7,9,12,14H,2-3,5,8,10H2,1H3,(H,16,17). The Labute approximate surface area is 113 Å². The highest BCUT2D eigenvalue weighted by Crippen LogP contribution is 2.27. The van der Waals surface area contributed by atoms with E-state index in [9.17, 15) is 4.79 Å². The topological polar surface area (TPSA) is 55.8 Å². The fraction of sp³-hybridized carbons (Fsp3) is 0.533. The molecule has 0 aliphatic heterocycles. The van der Waals surface area contributed by atoms with Crippen LogP contribution in [0.25, 0.3) is 0 Å². The third-order valence-electron chi connectivity index (χ3n) is 3.69. The maximum Gasteiger partial charge on any atom is 0.335 e. The highest BCUT2D eigenvalue weighted by atomic mass is 16.5. The average Bonchev–Trinajstić information content (AvgIpc) is 2.45. The largest absolute Gasteiger partial charge is 0.493 e. The second-order valence-electron chi connectivity index (χ2n) is 4.96. The zero-order valence-electron chi connectivity index (χ0n) is 11.2. The van der Waals surface area contributed by atoms with Crippen LogP contribution in [0.4, 0.5) is 0 Å². The highest BCUT2D eigenvalue weighted by Gasteiger charge is 2.25. The van der Waals surface area contributed by atoms with E-state index in [1.807, 2.05) is 0 Å². The van der Waals surface area contributed by atoms with E-state index in [1.54, 1.807) is 31.4 Å². The Morgan fingerprint density at radius 3 is 2.89 bits per heavy atom. The van der Waals surface area contributed by atoms with Gasteiger partial charge in [-0.3, -0.25) is 0 Å². The van der Waals surface area contributed by atoms with Crippen molar-refractivity contribution in [3.8, 4) is 5.75 Å². The van der Waals surface area contributed by atoms with Crippen molar-refractivity contribution in [2.24, 2.45) is 5.92 Å². The van der Waals surface area contributed by atoms with Gasteiger partial charge in [0.05, 0.1) is 18.3 Å². The van der Waals surface area contributed by atoms with E-state index in [2.05, 4.69) is 0 Å². The lowest BCUT2D eigenvalue weighted by atomic mass is 9.87. The van der Waals surface area contributed by atoms with Crippen LogP contribution in [0.5, 0.6) is 5.75 Å². The zero-order valence-corrected chi connectivity index (χ0v) is 11.2. The molecule has 2 unspecified atom stereocenters. The average molecular weight is 264 g/mol. The van der Waals surface area contributed by atoms with Gasteiger partial charge in [0.15, 0.2) is 0 Å². The van der Waals surface area contributed by atoms with Crippen molar-refractivity contribution in [3.05, 3.63) is 29.8 Å². The molecule has 0 radical (unpaired) electrons. The van der Waals surface area contributed by atoms with E-state index >= 15 is 0 Å². The third kappa shape index (κ3) is 3.70. The summed E-state index contributed by atoms with van der Waals surface area (Å²) in [5.74, 6) is 0.0745. The number of hydrogen-bond acceptors (Lipinski definition) is 3. The highest BCUT2D eigenvalue weighted by molar-refractivity contribution is 5.87. The second-order valence-corrected chi connectivity index (χ2v) is 4.96. The van der Waals surface area contributed by atoms with Gasteiger partial charge in [-0.1, -0.05) is 18.9 Å². The normalized spacial score (nSPS) is 23.0. The molecule has 4 heteroatoms. The van der Waals surface area contributed by atoms with Crippen LogP contribution in [-0.2, 0) is 4.74 Å². The van der Waals surface area contributed by atoms with E-state index in [0.29, 0.717) is 18.3 Å². The number of rotatable bonds is 5. The molecule has 1 fully saturated rings. The number of carboxylic acids is 1. The van der Waals surface area contributed by atoms with E-state index in [0.717, 1.165) is 12.8 Å². The summed E-state index contributed by atoms with van der Waals surface area (Å²) in [7, 11) is 1.74. The predicted octanol–water partition coefficient (Wildman–Crippen LogP) is 2.97. The Morgan fingerprint density at radius 2 is 2.16 bits per heavy atom. The Bertz CT molecular complexity index is 430. The molecular formula is C15H20O4. The molecule has 2 rings (SSSR count). The van der Waals surface area contributed by atoms with Crippen molar-refractivity contribution < 1.29 is 19.4 Å². The summed E-state index contributed by atoms with van der Waals surface area (Å²) < 4.78 is 11.2. The van der Waals surface area contributed by atoms with E-state index in [-0.39, 0.29) is 11.7 Å². The van der Waals surface area contributed by atoms with Gasteiger partial charge in [-0.05, 0) is 31.0 Å². The first-order valence-electron chi connectivity index (χ1n) is 6.69. The minimum atomic E-state index is -0.933. The zero-order chi connectivity index (χ0) is 13.7. The van der Waals surface area contributed by atoms with Gasteiger partial charge in [0.1, 0.15) is 5.75 Å². The lowest BCUT2D eigenvalue weighted by molar-refractivity contribution is 0.00480. The van der Waals surface area contributed by atoms with Crippen LogP contribution in [0.15, 0.2) is 24.3 Å². The lowest BCUT2D eigenvalue weighted by Gasteiger charge is -2.30. The Balaban J connectivity index is 1.94. The van der Waals surface area contributed by atoms with Crippen LogP contribution in [0.2, 0.25) is 0 Å². The molecule has 0 bridgehead atoms. The molecule has 1 aromatic carbocycles. The number of benzene rings is 1. The van der Waals surface area contributed by atoms with Gasteiger partial charge in [0, 0.05) is 13.0 Å². The Kier molecular flexibility index (Phi) is 4.80. The van der Waals surface area contributed by atoms with Crippen molar-refractivity contribution >= 4 is 5.97 Å². The molecule has 19 heavy (non-hydrogen) atoms. The summed E-state index contributed by atoms with van der Waals surface area (Å²) in [6.07, 6.45) is 4.88. The van der Waals surface area contributed by atoms with Crippen LogP contribution in [0.1, 0.15) is 36.0 Å². The van der Waals surface area contributed by atoms with Crippen molar-refractivity contribution in [2.45, 2.75) is 31.8 Å². The van der Waals surface area contributed by atoms with Crippen molar-refractivity contribution in [3.63, 3.8) is 0 Å². The smallest absolute Gasteiger partial charge is 0.335 e. The maximum atomic E-state index is 10.9. The number of aromatic carboxylic acids is 1. The summed E-state index contributed by atoms with van der Waals surface area (Å²) >= 11 is 0. The summed E-state index contributed by atoms with van der Waals surface area (Å²) in [4.78, 5) is 10.9. The van der Waals surface area contributed by atoms with Gasteiger partial charge < -0.3 is 14.6 Å². The molecule has 1 N–H and O–H groups in total. The van der Waals surface area contributed by atoms with Crippen molar-refractivity contribution in [2.75, 3.05) is 13.7 Å². The van der Waals surface area contributed by atoms with Crippen LogP contribution < -0.4 is 4.74 Å². The first-order chi connectivity index (χ1) is 9.20. The molecule has 1 aromatic rings. The molecule has 2 atom stereocenters. The van der Waals surface area contributed by atoms with Crippen LogP contribution in [0.3, 0.4) is 0 Å². The molecule has 0 amide bonds. The van der Waals surface area contributed by atoms with Crippen LogP contribution in [-0.4, -0.2) is 30.9 Å². The Morgan fingerprint density at radius 1 is 1.37 bits per heavy atom. The molecule has 0 saturated heterocycles. The quantitative estimate of drug-likeness (QED) is 0.888. The van der Waals surface area contributed by atoms with Gasteiger partial charge in [0.25, 0.3) is 0 Å². The fourth-order valence-electron chi connectivity index (χ4n) is 2.60. The molecule has 0 aromatic heterocycles. The fourth-order valence-corrected chi connectivity index (χ4v) is 2.60. The predicted molar refractivity (Wildman–Crippen MR) is 71.7 cm³/mol. The lowest BCUT2D eigenvalue weighted by Crippen LogP contribution is -2.31. The Hall–Kier alpha value is -1.55. The minimum Gasteiger partial charge on any atom is -0.493 e. The van der Waals surface area contributed by atoms with Gasteiger partial charge >= 0.3 is 5.97 Å².